The molecule has 0 aliphatic heterocycles. The van der Waals surface area contributed by atoms with E-state index in [1.807, 2.05) is 0 Å². The lowest BCUT2D eigenvalue weighted by molar-refractivity contribution is -0.386. The van der Waals surface area contributed by atoms with Crippen LogP contribution in [0.4, 0.5) is 14.5 Å². The van der Waals surface area contributed by atoms with E-state index < -0.39 is 45.4 Å². The van der Waals surface area contributed by atoms with Crippen LogP contribution in [0.1, 0.15) is 15.9 Å². The zero-order chi connectivity index (χ0) is 21.8. The van der Waals surface area contributed by atoms with Gasteiger partial charge in [-0.25, -0.2) is 13.2 Å². The van der Waals surface area contributed by atoms with Gasteiger partial charge < -0.3 is 14.2 Å². The Labute approximate surface area is 163 Å². The van der Waals surface area contributed by atoms with Crippen LogP contribution in [0.3, 0.4) is 0 Å². The number of benzene rings is 2. The molecular weight excluding hydrogens is 416 g/mol. The third-order valence-corrected chi connectivity index (χ3v) is 4.80. The maximum atomic E-state index is 12.5. The summed E-state index contributed by atoms with van der Waals surface area (Å²) in [6, 6.07) is 7.03. The number of nitro groups is 1. The molecule has 0 N–H and O–H groups in total. The molecule has 0 bridgehead atoms. The highest BCUT2D eigenvalue weighted by Gasteiger charge is 2.24. The number of hydrogen-bond acceptors (Lipinski definition) is 8. The Morgan fingerprint density at radius 3 is 2.41 bits per heavy atom. The highest BCUT2D eigenvalue weighted by molar-refractivity contribution is 7.90. The minimum absolute atomic E-state index is 0.168. The molecule has 12 heteroatoms. The molecule has 0 atom stereocenters. The molecule has 0 spiro atoms. The molecule has 2 aromatic rings. The van der Waals surface area contributed by atoms with Gasteiger partial charge in [-0.15, -0.1) is 0 Å². The SMILES string of the molecule is COc1cc(COC(=O)c2ccccc2S(C)(=O)=O)c([N+](=O)[O-])cc1OC(F)F. The van der Waals surface area contributed by atoms with Crippen molar-refractivity contribution in [1.29, 1.82) is 0 Å². The fourth-order valence-corrected chi connectivity index (χ4v) is 3.28. The maximum absolute atomic E-state index is 12.5. The number of carbonyl (C=O) groups is 1. The maximum Gasteiger partial charge on any atom is 0.387 e. The van der Waals surface area contributed by atoms with Crippen LogP contribution in [-0.4, -0.2) is 39.3 Å². The van der Waals surface area contributed by atoms with E-state index in [0.717, 1.165) is 25.5 Å². The number of sulfone groups is 1. The number of alkyl halides is 2. The Morgan fingerprint density at radius 2 is 1.86 bits per heavy atom. The fourth-order valence-electron chi connectivity index (χ4n) is 2.40. The van der Waals surface area contributed by atoms with Gasteiger partial charge in [0.25, 0.3) is 5.69 Å². The van der Waals surface area contributed by atoms with Crippen LogP contribution in [0.15, 0.2) is 41.3 Å². The Bertz CT molecular complexity index is 1040. The molecule has 0 fully saturated rings. The number of carbonyl (C=O) groups excluding carboxylic acids is 1. The van der Waals surface area contributed by atoms with Crippen LogP contribution in [-0.2, 0) is 21.2 Å². The quantitative estimate of drug-likeness (QED) is 0.355. The van der Waals surface area contributed by atoms with Crippen LogP contribution in [0, 0.1) is 10.1 Å². The van der Waals surface area contributed by atoms with Crippen LogP contribution >= 0.6 is 0 Å². The Hall–Kier alpha value is -3.28. The smallest absolute Gasteiger partial charge is 0.387 e. The van der Waals surface area contributed by atoms with E-state index in [2.05, 4.69) is 4.74 Å². The van der Waals surface area contributed by atoms with Gasteiger partial charge in [-0.3, -0.25) is 10.1 Å². The fraction of sp³-hybridized carbons (Fsp3) is 0.235. The molecule has 0 aliphatic rings. The van der Waals surface area contributed by atoms with Crippen LogP contribution in [0.2, 0.25) is 0 Å². The van der Waals surface area contributed by atoms with Crippen molar-refractivity contribution < 1.29 is 41.1 Å². The van der Waals surface area contributed by atoms with Gasteiger partial charge in [-0.05, 0) is 18.2 Å². The Balaban J connectivity index is 2.35. The molecule has 29 heavy (non-hydrogen) atoms. The lowest BCUT2D eigenvalue weighted by Gasteiger charge is -2.13. The van der Waals surface area contributed by atoms with Crippen molar-refractivity contribution in [2.45, 2.75) is 18.1 Å². The topological polar surface area (TPSA) is 122 Å². The number of esters is 1. The average molecular weight is 431 g/mol. The number of rotatable bonds is 8. The molecule has 0 saturated carbocycles. The third kappa shape index (κ3) is 5.38. The molecule has 0 unspecified atom stereocenters. The Morgan fingerprint density at radius 1 is 1.21 bits per heavy atom. The van der Waals surface area contributed by atoms with Gasteiger partial charge in [-0.1, -0.05) is 12.1 Å². The van der Waals surface area contributed by atoms with Crippen molar-refractivity contribution in [3.63, 3.8) is 0 Å². The van der Waals surface area contributed by atoms with Gasteiger partial charge in [0.15, 0.2) is 21.3 Å². The third-order valence-electron chi connectivity index (χ3n) is 3.64. The number of nitro benzene ring substituents is 1. The largest absolute Gasteiger partial charge is 0.493 e. The molecule has 0 saturated heterocycles. The summed E-state index contributed by atoms with van der Waals surface area (Å²) < 4.78 is 62.6. The first-order chi connectivity index (χ1) is 13.5. The highest BCUT2D eigenvalue weighted by Crippen LogP contribution is 2.36. The minimum Gasteiger partial charge on any atom is -0.493 e. The van der Waals surface area contributed by atoms with Gasteiger partial charge in [-0.2, -0.15) is 8.78 Å². The van der Waals surface area contributed by atoms with E-state index in [4.69, 9.17) is 9.47 Å². The summed E-state index contributed by atoms with van der Waals surface area (Å²) in [5.74, 6) is -1.84. The van der Waals surface area contributed by atoms with E-state index in [1.54, 1.807) is 0 Å². The molecule has 0 heterocycles. The van der Waals surface area contributed by atoms with E-state index >= 15 is 0 Å². The molecule has 156 valence electrons. The van der Waals surface area contributed by atoms with Crippen LogP contribution < -0.4 is 9.47 Å². The second-order valence-corrected chi connectivity index (χ2v) is 7.60. The van der Waals surface area contributed by atoms with E-state index in [0.29, 0.717) is 0 Å². The molecule has 0 aromatic heterocycles. The first-order valence-corrected chi connectivity index (χ1v) is 9.70. The van der Waals surface area contributed by atoms with E-state index in [1.165, 1.54) is 24.3 Å². The lowest BCUT2D eigenvalue weighted by Crippen LogP contribution is -2.12. The number of methoxy groups -OCH3 is 1. The predicted molar refractivity (Wildman–Crippen MR) is 95.0 cm³/mol. The van der Waals surface area contributed by atoms with Crippen LogP contribution in [0.25, 0.3) is 0 Å². The standard InChI is InChI=1S/C17H15F2NO8S/c1-26-13-7-10(12(20(22)23)8-14(13)28-17(18)19)9-27-16(21)11-5-3-4-6-15(11)29(2,24)25/h3-8,17H,9H2,1-2H3. The first-order valence-electron chi connectivity index (χ1n) is 7.81. The van der Waals surface area contributed by atoms with Crippen molar-refractivity contribution >= 4 is 21.5 Å². The Kier molecular flexibility index (Phi) is 6.69. The van der Waals surface area contributed by atoms with Gasteiger partial charge >= 0.3 is 12.6 Å². The van der Waals surface area contributed by atoms with Gasteiger partial charge in [0, 0.05) is 6.26 Å². The summed E-state index contributed by atoms with van der Waals surface area (Å²) in [5, 5.41) is 11.3. The minimum atomic E-state index is -3.73. The zero-order valence-electron chi connectivity index (χ0n) is 15.1. The molecule has 0 amide bonds. The van der Waals surface area contributed by atoms with Crippen LogP contribution in [0.5, 0.6) is 11.5 Å². The van der Waals surface area contributed by atoms with Crippen molar-refractivity contribution in [3.05, 3.63) is 57.6 Å². The second-order valence-electron chi connectivity index (χ2n) is 5.61. The van der Waals surface area contributed by atoms with Crippen molar-refractivity contribution in [1.82, 2.24) is 0 Å². The summed E-state index contributed by atoms with van der Waals surface area (Å²) in [7, 11) is -2.59. The first kappa shape index (κ1) is 22.0. The lowest BCUT2D eigenvalue weighted by atomic mass is 10.1. The highest BCUT2D eigenvalue weighted by atomic mass is 32.2. The second kappa shape index (κ2) is 8.82. The summed E-state index contributed by atoms with van der Waals surface area (Å²) >= 11 is 0. The van der Waals surface area contributed by atoms with Gasteiger partial charge in [0.05, 0.1) is 34.1 Å². The van der Waals surface area contributed by atoms with E-state index in [9.17, 15) is 32.1 Å². The normalized spacial score (nSPS) is 11.2. The summed E-state index contributed by atoms with van der Waals surface area (Å²) in [4.78, 5) is 22.4. The molecule has 0 radical (unpaired) electrons. The average Bonchev–Trinajstić information content (AvgIpc) is 2.65. The van der Waals surface area contributed by atoms with E-state index in [-0.39, 0.29) is 21.8 Å². The number of nitrogens with zero attached hydrogens (tertiary/aromatic N) is 1. The molecular formula is C17H15F2NO8S. The molecule has 2 aromatic carbocycles. The van der Waals surface area contributed by atoms with Crippen molar-refractivity contribution in [3.8, 4) is 11.5 Å². The van der Waals surface area contributed by atoms with Crippen molar-refractivity contribution in [2.24, 2.45) is 0 Å². The zero-order valence-corrected chi connectivity index (χ0v) is 15.9. The summed E-state index contributed by atoms with van der Waals surface area (Å²) in [6.07, 6.45) is 0.913. The van der Waals surface area contributed by atoms with Gasteiger partial charge in [0.2, 0.25) is 0 Å². The number of hydrogen-bond donors (Lipinski definition) is 0. The summed E-state index contributed by atoms with van der Waals surface area (Å²) in [5.41, 5.74) is -1.06. The molecule has 9 nitrogen and oxygen atoms in total. The monoisotopic (exact) mass is 431 g/mol. The predicted octanol–water partition coefficient (Wildman–Crippen LogP) is 2.97. The molecule has 0 aliphatic carbocycles. The molecule has 2 rings (SSSR count). The van der Waals surface area contributed by atoms with Crippen molar-refractivity contribution in [2.75, 3.05) is 13.4 Å². The van der Waals surface area contributed by atoms with Gasteiger partial charge in [0.1, 0.15) is 6.61 Å². The summed E-state index contributed by atoms with van der Waals surface area (Å²) in [6.45, 7) is -3.88. The number of ether oxygens (including phenoxy) is 3. The number of halogens is 2.